The quantitative estimate of drug-likeness (QED) is 0.429. The maximum absolute atomic E-state index is 14.6. The summed E-state index contributed by atoms with van der Waals surface area (Å²) in [5.41, 5.74) is 2.39. The number of halogens is 1. The molecule has 3 rings (SSSR count). The minimum absolute atomic E-state index is 0.0346. The fraction of sp³-hybridized carbons (Fsp3) is 0.310. The van der Waals surface area contributed by atoms with Gasteiger partial charge in [-0.05, 0) is 29.5 Å². The van der Waals surface area contributed by atoms with Crippen LogP contribution < -0.4 is 5.32 Å². The normalized spacial score (nSPS) is 11.8. The number of rotatable bonds is 11. The van der Waals surface area contributed by atoms with Crippen LogP contribution >= 0.6 is 0 Å². The number of amides is 2. The van der Waals surface area contributed by atoms with E-state index in [0.29, 0.717) is 24.9 Å². The van der Waals surface area contributed by atoms with Crippen LogP contribution in [0, 0.1) is 11.7 Å². The molecule has 0 saturated heterocycles. The van der Waals surface area contributed by atoms with Gasteiger partial charge in [-0.3, -0.25) is 9.59 Å². The molecule has 0 aromatic heterocycles. The first-order valence-corrected chi connectivity index (χ1v) is 11.8. The Labute approximate surface area is 201 Å². The number of nitrogens with zero attached hydrogens (tertiary/aromatic N) is 1. The van der Waals surface area contributed by atoms with Crippen molar-refractivity contribution in [2.45, 2.75) is 45.7 Å². The second-order valence-corrected chi connectivity index (χ2v) is 8.94. The number of benzene rings is 3. The molecule has 5 heteroatoms. The first-order chi connectivity index (χ1) is 16.4. The summed E-state index contributed by atoms with van der Waals surface area (Å²) in [6.45, 7) is 4.59. The van der Waals surface area contributed by atoms with E-state index in [0.717, 1.165) is 11.1 Å². The van der Waals surface area contributed by atoms with Crippen LogP contribution in [0.25, 0.3) is 0 Å². The van der Waals surface area contributed by atoms with Gasteiger partial charge in [-0.25, -0.2) is 4.39 Å². The first-order valence-electron chi connectivity index (χ1n) is 11.8. The van der Waals surface area contributed by atoms with Crippen LogP contribution in [0.4, 0.5) is 4.39 Å². The van der Waals surface area contributed by atoms with Crippen LogP contribution in [-0.2, 0) is 29.0 Å². The van der Waals surface area contributed by atoms with Gasteiger partial charge in [0.15, 0.2) is 0 Å². The smallest absolute Gasteiger partial charge is 0.243 e. The second kappa shape index (κ2) is 12.7. The van der Waals surface area contributed by atoms with E-state index in [1.807, 2.05) is 74.5 Å². The molecule has 0 spiro atoms. The fourth-order valence-corrected chi connectivity index (χ4v) is 3.83. The Kier molecular flexibility index (Phi) is 9.39. The zero-order valence-electron chi connectivity index (χ0n) is 19.9. The molecule has 178 valence electrons. The summed E-state index contributed by atoms with van der Waals surface area (Å²) in [7, 11) is 0. The Bertz CT molecular complexity index is 1050. The van der Waals surface area contributed by atoms with E-state index in [9.17, 15) is 14.0 Å². The molecule has 0 heterocycles. The molecule has 1 N–H and O–H groups in total. The van der Waals surface area contributed by atoms with E-state index in [1.54, 1.807) is 23.1 Å². The molecule has 0 aliphatic carbocycles. The molecule has 0 aliphatic rings. The van der Waals surface area contributed by atoms with E-state index in [4.69, 9.17) is 0 Å². The van der Waals surface area contributed by atoms with Crippen LogP contribution in [0.5, 0.6) is 0 Å². The van der Waals surface area contributed by atoms with Crippen molar-refractivity contribution in [2.24, 2.45) is 5.92 Å². The average Bonchev–Trinajstić information content (AvgIpc) is 2.85. The third kappa shape index (κ3) is 7.55. The van der Waals surface area contributed by atoms with Crippen molar-refractivity contribution in [3.8, 4) is 0 Å². The minimum Gasteiger partial charge on any atom is -0.354 e. The van der Waals surface area contributed by atoms with Crippen LogP contribution in [0.15, 0.2) is 84.9 Å². The highest BCUT2D eigenvalue weighted by molar-refractivity contribution is 5.88. The third-order valence-electron chi connectivity index (χ3n) is 5.72. The molecule has 0 bridgehead atoms. The molecule has 34 heavy (non-hydrogen) atoms. The fourth-order valence-electron chi connectivity index (χ4n) is 3.83. The monoisotopic (exact) mass is 460 g/mol. The Balaban J connectivity index is 1.90. The molecule has 0 saturated carbocycles. The average molecular weight is 461 g/mol. The van der Waals surface area contributed by atoms with Gasteiger partial charge >= 0.3 is 0 Å². The molecule has 4 nitrogen and oxygen atoms in total. The standard InChI is InChI=1S/C29H33FN2O2/c1-22(2)20-31-29(34)27(19-24-13-7-4-8-14-24)32(21-25-15-9-10-16-26(25)30)28(33)18-17-23-11-5-3-6-12-23/h3-16,22,27H,17-21H2,1-2H3,(H,31,34)/t27-/m1/s1. The summed E-state index contributed by atoms with van der Waals surface area (Å²) in [6, 6.07) is 25.1. The van der Waals surface area contributed by atoms with Crippen molar-refractivity contribution in [2.75, 3.05) is 6.54 Å². The van der Waals surface area contributed by atoms with Gasteiger partial charge in [-0.1, -0.05) is 92.7 Å². The maximum atomic E-state index is 14.6. The zero-order chi connectivity index (χ0) is 24.3. The topological polar surface area (TPSA) is 49.4 Å². The summed E-state index contributed by atoms with van der Waals surface area (Å²) in [6.07, 6.45) is 1.15. The highest BCUT2D eigenvalue weighted by Gasteiger charge is 2.30. The molecule has 3 aromatic carbocycles. The van der Waals surface area contributed by atoms with E-state index in [-0.39, 0.29) is 36.5 Å². The highest BCUT2D eigenvalue weighted by Crippen LogP contribution is 2.18. The molecular formula is C29H33FN2O2. The van der Waals surface area contributed by atoms with E-state index < -0.39 is 6.04 Å². The first kappa shape index (κ1) is 25.2. The van der Waals surface area contributed by atoms with Crippen molar-refractivity contribution in [3.05, 3.63) is 107 Å². The predicted octanol–water partition coefficient (Wildman–Crippen LogP) is 5.17. The van der Waals surface area contributed by atoms with E-state index >= 15 is 0 Å². The zero-order valence-corrected chi connectivity index (χ0v) is 19.9. The molecule has 0 aliphatic heterocycles. The minimum atomic E-state index is -0.746. The van der Waals surface area contributed by atoms with Crippen LogP contribution in [0.3, 0.4) is 0 Å². The van der Waals surface area contributed by atoms with Gasteiger partial charge in [-0.15, -0.1) is 0 Å². The number of aryl methyl sites for hydroxylation is 1. The summed E-state index contributed by atoms with van der Waals surface area (Å²) in [5.74, 6) is -0.505. The van der Waals surface area contributed by atoms with E-state index in [2.05, 4.69) is 5.32 Å². The maximum Gasteiger partial charge on any atom is 0.243 e. The highest BCUT2D eigenvalue weighted by atomic mass is 19.1. The molecule has 0 fully saturated rings. The van der Waals surface area contributed by atoms with Crippen LogP contribution in [-0.4, -0.2) is 29.3 Å². The molecule has 2 amide bonds. The number of hydrogen-bond donors (Lipinski definition) is 1. The van der Waals surface area contributed by atoms with Gasteiger partial charge < -0.3 is 10.2 Å². The lowest BCUT2D eigenvalue weighted by atomic mass is 10.0. The van der Waals surface area contributed by atoms with Gasteiger partial charge in [0.25, 0.3) is 0 Å². The van der Waals surface area contributed by atoms with E-state index in [1.165, 1.54) is 6.07 Å². The number of nitrogens with one attached hydrogen (secondary N) is 1. The lowest BCUT2D eigenvalue weighted by Gasteiger charge is -2.32. The Morgan fingerprint density at radius 3 is 2.06 bits per heavy atom. The van der Waals surface area contributed by atoms with Crippen molar-refractivity contribution in [3.63, 3.8) is 0 Å². The molecule has 1 atom stereocenters. The largest absolute Gasteiger partial charge is 0.354 e. The van der Waals surface area contributed by atoms with Gasteiger partial charge in [0.1, 0.15) is 11.9 Å². The van der Waals surface area contributed by atoms with Gasteiger partial charge in [0, 0.05) is 31.5 Å². The number of carbonyl (C=O) groups excluding carboxylic acids is 2. The molecule has 0 unspecified atom stereocenters. The second-order valence-electron chi connectivity index (χ2n) is 8.94. The predicted molar refractivity (Wildman–Crippen MR) is 133 cm³/mol. The van der Waals surface area contributed by atoms with Gasteiger partial charge in [0.05, 0.1) is 0 Å². The summed E-state index contributed by atoms with van der Waals surface area (Å²) in [4.78, 5) is 28.4. The summed E-state index contributed by atoms with van der Waals surface area (Å²) >= 11 is 0. The Morgan fingerprint density at radius 2 is 1.44 bits per heavy atom. The van der Waals surface area contributed by atoms with Crippen molar-refractivity contribution in [1.29, 1.82) is 0 Å². The summed E-state index contributed by atoms with van der Waals surface area (Å²) in [5, 5.41) is 2.99. The van der Waals surface area contributed by atoms with Gasteiger partial charge in [-0.2, -0.15) is 0 Å². The third-order valence-corrected chi connectivity index (χ3v) is 5.72. The molecule has 0 radical (unpaired) electrons. The SMILES string of the molecule is CC(C)CNC(=O)[C@@H](Cc1ccccc1)N(Cc1ccccc1F)C(=O)CCc1ccccc1. The summed E-state index contributed by atoms with van der Waals surface area (Å²) < 4.78 is 14.6. The van der Waals surface area contributed by atoms with Crippen molar-refractivity contribution >= 4 is 11.8 Å². The molecular weight excluding hydrogens is 427 g/mol. The van der Waals surface area contributed by atoms with Gasteiger partial charge in [0.2, 0.25) is 11.8 Å². The number of hydrogen-bond acceptors (Lipinski definition) is 2. The van der Waals surface area contributed by atoms with Crippen LogP contribution in [0.1, 0.15) is 37.0 Å². The van der Waals surface area contributed by atoms with Crippen molar-refractivity contribution in [1.82, 2.24) is 10.2 Å². The lowest BCUT2D eigenvalue weighted by molar-refractivity contribution is -0.141. The lowest BCUT2D eigenvalue weighted by Crippen LogP contribution is -2.51. The Morgan fingerprint density at radius 1 is 0.853 bits per heavy atom. The Hall–Kier alpha value is -3.47. The molecule has 3 aromatic rings. The van der Waals surface area contributed by atoms with Crippen LogP contribution in [0.2, 0.25) is 0 Å². The number of carbonyl (C=O) groups is 2. The van der Waals surface area contributed by atoms with Crippen molar-refractivity contribution < 1.29 is 14.0 Å².